The van der Waals surface area contributed by atoms with Crippen molar-refractivity contribution < 1.29 is 14.3 Å². The van der Waals surface area contributed by atoms with Crippen molar-refractivity contribution in [2.75, 3.05) is 31.0 Å². The van der Waals surface area contributed by atoms with Gasteiger partial charge in [0, 0.05) is 18.7 Å². The van der Waals surface area contributed by atoms with E-state index in [4.69, 9.17) is 9.47 Å². The molecule has 0 aliphatic carbocycles. The van der Waals surface area contributed by atoms with Crippen LogP contribution < -0.4 is 19.7 Å². The van der Waals surface area contributed by atoms with Crippen LogP contribution in [-0.2, 0) is 0 Å². The largest absolute Gasteiger partial charge is 0.497 e. The molecule has 0 bridgehead atoms. The van der Waals surface area contributed by atoms with Crippen molar-refractivity contribution in [3.8, 4) is 11.5 Å². The Morgan fingerprint density at radius 3 is 2.74 bits per heavy atom. The van der Waals surface area contributed by atoms with E-state index in [-0.39, 0.29) is 5.91 Å². The van der Waals surface area contributed by atoms with E-state index in [0.29, 0.717) is 28.9 Å². The number of nitrogens with one attached hydrogen (secondary N) is 1. The highest BCUT2D eigenvalue weighted by Crippen LogP contribution is 2.30. The van der Waals surface area contributed by atoms with Crippen molar-refractivity contribution in [1.29, 1.82) is 0 Å². The van der Waals surface area contributed by atoms with E-state index in [9.17, 15) is 4.79 Å². The Balaban J connectivity index is 1.74. The van der Waals surface area contributed by atoms with Gasteiger partial charge in [-0.1, -0.05) is 6.92 Å². The molecule has 1 unspecified atom stereocenters. The summed E-state index contributed by atoms with van der Waals surface area (Å²) >= 11 is 0. The number of piperidine rings is 1. The van der Waals surface area contributed by atoms with Gasteiger partial charge in [-0.15, -0.1) is 0 Å². The molecule has 1 amide bonds. The number of hydrogen-bond acceptors (Lipinski definition) is 5. The number of hydrogen-bond donors (Lipinski definition) is 1. The third-order valence-electron chi connectivity index (χ3n) is 5.07. The molecule has 1 fully saturated rings. The second kappa shape index (κ2) is 8.75. The molecule has 1 aliphatic rings. The number of ether oxygens (including phenoxy) is 2. The lowest BCUT2D eigenvalue weighted by molar-refractivity contribution is 0.102. The van der Waals surface area contributed by atoms with Crippen molar-refractivity contribution in [2.24, 2.45) is 0 Å². The van der Waals surface area contributed by atoms with Gasteiger partial charge in [0.15, 0.2) is 0 Å². The zero-order valence-corrected chi connectivity index (χ0v) is 16.2. The maximum absolute atomic E-state index is 12.6. The van der Waals surface area contributed by atoms with Crippen molar-refractivity contribution in [3.63, 3.8) is 0 Å². The van der Waals surface area contributed by atoms with E-state index in [2.05, 4.69) is 22.1 Å². The molecule has 0 saturated carbocycles. The average Bonchev–Trinajstić information content (AvgIpc) is 2.73. The molecule has 2 aromatic rings. The second-order valence-corrected chi connectivity index (χ2v) is 6.67. The third kappa shape index (κ3) is 4.32. The molecule has 2 heterocycles. The van der Waals surface area contributed by atoms with E-state index >= 15 is 0 Å². The molecular weight excluding hydrogens is 342 g/mol. The number of carbonyl (C=O) groups is 1. The van der Waals surface area contributed by atoms with Crippen LogP contribution in [0.3, 0.4) is 0 Å². The molecule has 6 nitrogen and oxygen atoms in total. The first-order valence-electron chi connectivity index (χ1n) is 9.42. The Labute approximate surface area is 160 Å². The number of rotatable bonds is 6. The van der Waals surface area contributed by atoms with Crippen molar-refractivity contribution in [2.45, 2.75) is 38.6 Å². The van der Waals surface area contributed by atoms with E-state index in [1.54, 1.807) is 44.7 Å². The number of methoxy groups -OCH3 is 2. The summed E-state index contributed by atoms with van der Waals surface area (Å²) in [5.74, 6) is 0.934. The molecule has 1 aromatic carbocycles. The highest BCUT2D eigenvalue weighted by molar-refractivity contribution is 6.03. The molecule has 1 aliphatic heterocycles. The maximum atomic E-state index is 12.6. The minimum absolute atomic E-state index is 0.279. The van der Waals surface area contributed by atoms with Gasteiger partial charge in [0.2, 0.25) is 0 Å². The zero-order chi connectivity index (χ0) is 19.2. The standard InChI is InChI=1S/C21H27N3O3/c1-4-15-7-5-6-12-24(15)16-8-10-18(22-14-16)21(25)23-19-13-17(26-2)9-11-20(19)27-3/h8-11,13-15H,4-7,12H2,1-3H3,(H,23,25). The predicted molar refractivity (Wildman–Crippen MR) is 107 cm³/mol. The lowest BCUT2D eigenvalue weighted by Crippen LogP contribution is -2.39. The first-order valence-corrected chi connectivity index (χ1v) is 9.42. The van der Waals surface area contributed by atoms with Gasteiger partial charge in [-0.2, -0.15) is 0 Å². The fraction of sp³-hybridized carbons (Fsp3) is 0.429. The summed E-state index contributed by atoms with van der Waals surface area (Å²) < 4.78 is 10.5. The summed E-state index contributed by atoms with van der Waals surface area (Å²) in [5, 5.41) is 2.85. The van der Waals surface area contributed by atoms with Gasteiger partial charge in [0.25, 0.3) is 5.91 Å². The number of benzene rings is 1. The van der Waals surface area contributed by atoms with Crippen LogP contribution in [0, 0.1) is 0 Å². The summed E-state index contributed by atoms with van der Waals surface area (Å²) in [4.78, 5) is 19.4. The predicted octanol–water partition coefficient (Wildman–Crippen LogP) is 4.12. The molecule has 1 aromatic heterocycles. The van der Waals surface area contributed by atoms with Crippen LogP contribution in [0.2, 0.25) is 0 Å². The van der Waals surface area contributed by atoms with Crippen molar-refractivity contribution in [1.82, 2.24) is 4.98 Å². The Bertz CT molecular complexity index is 777. The van der Waals surface area contributed by atoms with Crippen LogP contribution >= 0.6 is 0 Å². The Morgan fingerprint density at radius 2 is 2.07 bits per heavy atom. The van der Waals surface area contributed by atoms with Gasteiger partial charge >= 0.3 is 0 Å². The first-order chi connectivity index (χ1) is 13.2. The number of anilines is 2. The Hall–Kier alpha value is -2.76. The lowest BCUT2D eigenvalue weighted by Gasteiger charge is -2.37. The fourth-order valence-corrected chi connectivity index (χ4v) is 3.55. The molecule has 1 N–H and O–H groups in total. The smallest absolute Gasteiger partial charge is 0.274 e. The molecule has 3 rings (SSSR count). The van der Waals surface area contributed by atoms with Crippen LogP contribution in [0.25, 0.3) is 0 Å². The SMILES string of the molecule is CCC1CCCCN1c1ccc(C(=O)Nc2cc(OC)ccc2OC)nc1. The summed E-state index contributed by atoms with van der Waals surface area (Å²) in [6.45, 7) is 3.27. The monoisotopic (exact) mass is 369 g/mol. The quantitative estimate of drug-likeness (QED) is 0.830. The zero-order valence-electron chi connectivity index (χ0n) is 16.2. The fourth-order valence-electron chi connectivity index (χ4n) is 3.55. The molecule has 1 saturated heterocycles. The molecule has 6 heteroatoms. The Morgan fingerprint density at radius 1 is 1.22 bits per heavy atom. The van der Waals surface area contributed by atoms with E-state index in [1.807, 2.05) is 6.07 Å². The van der Waals surface area contributed by atoms with Gasteiger partial charge in [-0.3, -0.25) is 4.79 Å². The van der Waals surface area contributed by atoms with Crippen LogP contribution in [-0.4, -0.2) is 37.7 Å². The number of pyridine rings is 1. The molecule has 0 radical (unpaired) electrons. The minimum Gasteiger partial charge on any atom is -0.497 e. The summed E-state index contributed by atoms with van der Waals surface area (Å²) in [6.07, 6.45) is 6.62. The van der Waals surface area contributed by atoms with Crippen LogP contribution in [0.15, 0.2) is 36.5 Å². The second-order valence-electron chi connectivity index (χ2n) is 6.67. The summed E-state index contributed by atoms with van der Waals surface area (Å²) in [6, 6.07) is 9.58. The van der Waals surface area contributed by atoms with Crippen LogP contribution in [0.1, 0.15) is 43.1 Å². The normalized spacial score (nSPS) is 16.7. The molecular formula is C21H27N3O3. The molecule has 1 atom stereocenters. The van der Waals surface area contributed by atoms with Crippen molar-refractivity contribution >= 4 is 17.3 Å². The van der Waals surface area contributed by atoms with E-state index in [0.717, 1.165) is 18.7 Å². The lowest BCUT2D eigenvalue weighted by atomic mass is 9.99. The van der Waals surface area contributed by atoms with Gasteiger partial charge in [0.1, 0.15) is 17.2 Å². The maximum Gasteiger partial charge on any atom is 0.274 e. The first kappa shape index (κ1) is 19.0. The number of amides is 1. The van der Waals surface area contributed by atoms with Crippen LogP contribution in [0.4, 0.5) is 11.4 Å². The minimum atomic E-state index is -0.279. The average molecular weight is 369 g/mol. The van der Waals surface area contributed by atoms with E-state index < -0.39 is 0 Å². The number of aromatic nitrogens is 1. The number of nitrogens with zero attached hydrogens (tertiary/aromatic N) is 2. The van der Waals surface area contributed by atoms with Gasteiger partial charge in [-0.05, 0) is 49.9 Å². The topological polar surface area (TPSA) is 63.7 Å². The third-order valence-corrected chi connectivity index (χ3v) is 5.07. The van der Waals surface area contributed by atoms with Crippen molar-refractivity contribution in [3.05, 3.63) is 42.2 Å². The molecule has 27 heavy (non-hydrogen) atoms. The summed E-state index contributed by atoms with van der Waals surface area (Å²) in [5.41, 5.74) is 2.00. The van der Waals surface area contributed by atoms with Crippen LogP contribution in [0.5, 0.6) is 11.5 Å². The highest BCUT2D eigenvalue weighted by Gasteiger charge is 2.21. The summed E-state index contributed by atoms with van der Waals surface area (Å²) in [7, 11) is 3.14. The van der Waals surface area contributed by atoms with Gasteiger partial charge in [0.05, 0.1) is 31.8 Å². The van der Waals surface area contributed by atoms with Gasteiger partial charge < -0.3 is 19.7 Å². The Kier molecular flexibility index (Phi) is 6.16. The van der Waals surface area contributed by atoms with Gasteiger partial charge in [-0.25, -0.2) is 4.98 Å². The number of carbonyl (C=O) groups excluding carboxylic acids is 1. The highest BCUT2D eigenvalue weighted by atomic mass is 16.5. The van der Waals surface area contributed by atoms with E-state index in [1.165, 1.54) is 19.3 Å². The molecule has 144 valence electrons. The molecule has 0 spiro atoms.